The molecule has 250 valence electrons. The summed E-state index contributed by atoms with van der Waals surface area (Å²) in [6, 6.07) is 8.28. The van der Waals surface area contributed by atoms with Crippen molar-refractivity contribution in [3.05, 3.63) is 114 Å². The van der Waals surface area contributed by atoms with Crippen LogP contribution < -0.4 is 0 Å². The van der Waals surface area contributed by atoms with Crippen LogP contribution in [0, 0.1) is 36.2 Å². The van der Waals surface area contributed by atoms with Crippen LogP contribution in [0.2, 0.25) is 0 Å². The molecule has 0 N–H and O–H groups in total. The number of ketones is 4. The second-order valence-corrected chi connectivity index (χ2v) is 15.9. The van der Waals surface area contributed by atoms with E-state index >= 15 is 0 Å². The molecule has 0 fully saturated rings. The molecule has 0 aliphatic heterocycles. The standard InChI is InChI=1S/C40H33F3O4S2/c1-6-18(3)16-40(17-19(4)7-2)29-11-21(9-27-34(44)23-8-20(5)31(41)13-24(23)35(27)45)48-38(29)39-30(40)12-22(49-39)10-28-36(46)25-14-32(42)33(43)15-26(25)37(28)47/h8-15,18-19H,6-7,16-17H2,1-5H3/b27-9-. The fraction of sp³-hybridized carbons (Fsp3) is 0.300. The summed E-state index contributed by atoms with van der Waals surface area (Å²) in [5, 5.41) is 0. The summed E-state index contributed by atoms with van der Waals surface area (Å²) in [6.45, 7) is 10.3. The number of aryl methyl sites for hydroxylation is 1. The van der Waals surface area contributed by atoms with Gasteiger partial charge in [-0.15, -0.1) is 22.7 Å². The summed E-state index contributed by atoms with van der Waals surface area (Å²) in [5.74, 6) is -4.36. The molecule has 3 aliphatic carbocycles. The second kappa shape index (κ2) is 12.0. The quantitative estimate of drug-likeness (QED) is 0.136. The molecule has 3 aliphatic rings. The number of carbonyl (C=O) groups is 4. The third-order valence-electron chi connectivity index (χ3n) is 10.4. The van der Waals surface area contributed by atoms with Gasteiger partial charge in [0.25, 0.3) is 0 Å². The largest absolute Gasteiger partial charge is 0.288 e. The van der Waals surface area contributed by atoms with Gasteiger partial charge in [0.2, 0.25) is 0 Å². The molecule has 0 saturated carbocycles. The third kappa shape index (κ3) is 5.16. The predicted molar refractivity (Wildman–Crippen MR) is 187 cm³/mol. The number of hydrogen-bond acceptors (Lipinski definition) is 6. The van der Waals surface area contributed by atoms with E-state index in [0.29, 0.717) is 22.3 Å². The van der Waals surface area contributed by atoms with Gasteiger partial charge in [0.15, 0.2) is 34.8 Å². The fourth-order valence-corrected chi connectivity index (χ4v) is 10.0. The molecule has 0 amide bonds. The van der Waals surface area contributed by atoms with Crippen molar-refractivity contribution in [2.75, 3.05) is 0 Å². The number of rotatable bonds is 8. The number of Topliss-reactive ketones (excluding diaryl/α,β-unsaturated/α-hetero) is 4. The highest BCUT2D eigenvalue weighted by Gasteiger charge is 2.47. The van der Waals surface area contributed by atoms with Crippen molar-refractivity contribution in [3.8, 4) is 9.75 Å². The lowest BCUT2D eigenvalue weighted by Gasteiger charge is -2.35. The van der Waals surface area contributed by atoms with Crippen molar-refractivity contribution in [2.24, 2.45) is 11.8 Å². The molecule has 2 heterocycles. The molecule has 0 bridgehead atoms. The summed E-state index contributed by atoms with van der Waals surface area (Å²) < 4.78 is 42.3. The van der Waals surface area contributed by atoms with E-state index < -0.39 is 46.0 Å². The Balaban J connectivity index is 1.36. The topological polar surface area (TPSA) is 68.3 Å². The van der Waals surface area contributed by atoms with Gasteiger partial charge in [0.1, 0.15) is 5.82 Å². The van der Waals surface area contributed by atoms with Crippen molar-refractivity contribution >= 4 is 58.0 Å². The van der Waals surface area contributed by atoms with Gasteiger partial charge < -0.3 is 0 Å². The smallest absolute Gasteiger partial charge is 0.197 e. The molecule has 4 nitrogen and oxygen atoms in total. The van der Waals surface area contributed by atoms with Crippen molar-refractivity contribution in [1.82, 2.24) is 0 Å². The SMILES string of the molecule is CCC(C)CC1(CC(C)CC)c2cc(C=C3C(=O)c4cc(F)c(F)cc4C3=O)sc2-c2sc(/C=C3/C(=O)c4cc(C)c(F)cc4C3=O)cc21. The molecule has 2 aromatic carbocycles. The van der Waals surface area contributed by atoms with Crippen LogP contribution in [0.3, 0.4) is 0 Å². The minimum Gasteiger partial charge on any atom is -0.288 e. The Morgan fingerprint density at radius 3 is 1.37 bits per heavy atom. The number of allylic oxidation sites excluding steroid dienone is 2. The number of carbonyl (C=O) groups excluding carboxylic acids is 4. The van der Waals surface area contributed by atoms with E-state index in [9.17, 15) is 32.3 Å². The minimum absolute atomic E-state index is 0.0110. The van der Waals surface area contributed by atoms with Crippen molar-refractivity contribution in [1.29, 1.82) is 0 Å². The van der Waals surface area contributed by atoms with Crippen molar-refractivity contribution in [3.63, 3.8) is 0 Å². The van der Waals surface area contributed by atoms with Gasteiger partial charge in [-0.25, -0.2) is 13.2 Å². The zero-order valence-electron chi connectivity index (χ0n) is 27.7. The van der Waals surface area contributed by atoms with Crippen LogP contribution >= 0.6 is 22.7 Å². The van der Waals surface area contributed by atoms with E-state index in [0.717, 1.165) is 69.6 Å². The molecule has 49 heavy (non-hydrogen) atoms. The molecule has 0 spiro atoms. The second-order valence-electron chi connectivity index (χ2n) is 13.7. The molecule has 2 aromatic heterocycles. The zero-order valence-corrected chi connectivity index (χ0v) is 29.3. The van der Waals surface area contributed by atoms with Crippen LogP contribution in [-0.4, -0.2) is 23.1 Å². The summed E-state index contributed by atoms with van der Waals surface area (Å²) >= 11 is 2.93. The summed E-state index contributed by atoms with van der Waals surface area (Å²) in [5.41, 5.74) is 2.04. The number of halogens is 3. The predicted octanol–water partition coefficient (Wildman–Crippen LogP) is 10.6. The first-order valence-corrected chi connectivity index (χ1v) is 18.1. The Bertz CT molecular complexity index is 1970. The molecular weight excluding hydrogens is 666 g/mol. The maximum atomic E-state index is 14.4. The van der Waals surface area contributed by atoms with Crippen LogP contribution in [0.15, 0.2) is 47.5 Å². The fourth-order valence-electron chi connectivity index (χ4n) is 7.47. The van der Waals surface area contributed by atoms with Gasteiger partial charge in [0.05, 0.1) is 11.1 Å². The van der Waals surface area contributed by atoms with Gasteiger partial charge in [-0.3, -0.25) is 19.2 Å². The van der Waals surface area contributed by atoms with Gasteiger partial charge in [-0.1, -0.05) is 40.5 Å². The lowest BCUT2D eigenvalue weighted by Crippen LogP contribution is -2.29. The Hall–Kier alpha value is -4.21. The Labute approximate surface area is 290 Å². The monoisotopic (exact) mass is 698 g/mol. The summed E-state index contributed by atoms with van der Waals surface area (Å²) in [7, 11) is 0. The highest BCUT2D eigenvalue weighted by Crippen LogP contribution is 2.61. The lowest BCUT2D eigenvalue weighted by atomic mass is 9.67. The zero-order chi connectivity index (χ0) is 35.1. The van der Waals surface area contributed by atoms with Gasteiger partial charge in [-0.05, 0) is 96.8 Å². The van der Waals surface area contributed by atoms with Gasteiger partial charge >= 0.3 is 0 Å². The number of hydrogen-bond donors (Lipinski definition) is 0. The van der Waals surface area contributed by atoms with E-state index in [1.807, 2.05) is 6.07 Å². The Kier molecular flexibility index (Phi) is 8.14. The third-order valence-corrected chi connectivity index (χ3v) is 12.7. The Morgan fingerprint density at radius 1 is 0.612 bits per heavy atom. The summed E-state index contributed by atoms with van der Waals surface area (Å²) in [6.07, 6.45) is 6.76. The maximum Gasteiger partial charge on any atom is 0.197 e. The molecular formula is C40H33F3O4S2. The van der Waals surface area contributed by atoms with E-state index in [4.69, 9.17) is 0 Å². The molecule has 4 aromatic rings. The van der Waals surface area contributed by atoms with E-state index in [1.54, 1.807) is 13.0 Å². The van der Waals surface area contributed by atoms with Crippen LogP contribution in [0.1, 0.15) is 121 Å². The molecule has 7 rings (SSSR count). The number of fused-ring (bicyclic) bond motifs is 5. The normalized spacial score (nSPS) is 19.8. The number of benzene rings is 2. The van der Waals surface area contributed by atoms with Crippen LogP contribution in [0.25, 0.3) is 21.9 Å². The highest BCUT2D eigenvalue weighted by atomic mass is 32.1. The van der Waals surface area contributed by atoms with Crippen LogP contribution in [0.5, 0.6) is 0 Å². The lowest BCUT2D eigenvalue weighted by molar-refractivity contribution is 0.0975. The highest BCUT2D eigenvalue weighted by molar-refractivity contribution is 7.23. The molecule has 0 saturated heterocycles. The van der Waals surface area contributed by atoms with Gasteiger partial charge in [-0.2, -0.15) is 0 Å². The van der Waals surface area contributed by atoms with Crippen LogP contribution in [0.4, 0.5) is 13.2 Å². The van der Waals surface area contributed by atoms with E-state index in [-0.39, 0.29) is 33.4 Å². The molecule has 0 radical (unpaired) electrons. The van der Waals surface area contributed by atoms with Gasteiger partial charge in [0, 0.05) is 47.2 Å². The van der Waals surface area contributed by atoms with E-state index in [1.165, 1.54) is 34.8 Å². The van der Waals surface area contributed by atoms with Crippen molar-refractivity contribution in [2.45, 2.75) is 65.7 Å². The molecule has 2 unspecified atom stereocenters. The summed E-state index contributed by atoms with van der Waals surface area (Å²) in [4.78, 5) is 56.6. The number of thiophene rings is 2. The Morgan fingerprint density at radius 2 is 0.980 bits per heavy atom. The maximum absolute atomic E-state index is 14.4. The first-order valence-electron chi connectivity index (χ1n) is 16.5. The van der Waals surface area contributed by atoms with Crippen LogP contribution in [-0.2, 0) is 5.41 Å². The average Bonchev–Trinajstić information content (AvgIpc) is 3.83. The molecule has 9 heteroatoms. The van der Waals surface area contributed by atoms with E-state index in [2.05, 4.69) is 33.8 Å². The van der Waals surface area contributed by atoms with Crippen molar-refractivity contribution < 1.29 is 32.3 Å². The molecule has 2 atom stereocenters. The average molecular weight is 699 g/mol. The first-order chi connectivity index (χ1) is 23.3. The minimum atomic E-state index is -1.18. The first kappa shape index (κ1) is 33.3.